The molecule has 0 N–H and O–H groups in total. The van der Waals surface area contributed by atoms with Crippen LogP contribution in [0.5, 0.6) is 0 Å². The number of hydrogen-bond acceptors (Lipinski definition) is 3. The van der Waals surface area contributed by atoms with E-state index in [-0.39, 0.29) is 0 Å². The lowest BCUT2D eigenvalue weighted by atomic mass is 10.1. The minimum atomic E-state index is 0.568. The summed E-state index contributed by atoms with van der Waals surface area (Å²) in [7, 11) is 0. The fourth-order valence-corrected chi connectivity index (χ4v) is 3.66. The molecule has 0 aliphatic carbocycles. The molecule has 1 atom stereocenters. The van der Waals surface area contributed by atoms with Crippen LogP contribution in [0.15, 0.2) is 21.3 Å². The van der Waals surface area contributed by atoms with Gasteiger partial charge in [-0.05, 0) is 40.4 Å². The Kier molecular flexibility index (Phi) is 3.59. The van der Waals surface area contributed by atoms with E-state index >= 15 is 0 Å². The van der Waals surface area contributed by atoms with Gasteiger partial charge in [0.2, 0.25) is 0 Å². The Bertz CT molecular complexity index is 447. The topological polar surface area (TPSA) is 12.9 Å². The molecule has 80 valence electrons. The van der Waals surface area contributed by atoms with Crippen molar-refractivity contribution in [1.29, 1.82) is 0 Å². The average molecular weight is 302 g/mol. The lowest BCUT2D eigenvalue weighted by Crippen LogP contribution is -1.90. The third-order valence-electron chi connectivity index (χ3n) is 2.42. The van der Waals surface area contributed by atoms with Gasteiger partial charge in [0, 0.05) is 5.38 Å². The molecule has 0 bridgehead atoms. The van der Waals surface area contributed by atoms with Gasteiger partial charge in [0.1, 0.15) is 5.01 Å². The van der Waals surface area contributed by atoms with E-state index in [0.29, 0.717) is 5.92 Å². The Labute approximate surface area is 106 Å². The van der Waals surface area contributed by atoms with Crippen LogP contribution in [-0.4, -0.2) is 4.98 Å². The fourth-order valence-electron chi connectivity index (χ4n) is 1.26. The molecule has 0 fully saturated rings. The first-order chi connectivity index (χ1) is 7.20. The number of thiazole rings is 1. The largest absolute Gasteiger partial charge is 0.240 e. The maximum atomic E-state index is 4.67. The molecule has 2 aromatic heterocycles. The standard InChI is InChI=1S/C11H12BrNS2/c1-3-7(2)8-6-14-11(13-8)9-4-5-10(12)15-9/h4-7H,3H2,1-2H3. The minimum absolute atomic E-state index is 0.568. The maximum Gasteiger partial charge on any atom is 0.133 e. The van der Waals surface area contributed by atoms with E-state index in [0.717, 1.165) is 15.2 Å². The van der Waals surface area contributed by atoms with Gasteiger partial charge in [-0.15, -0.1) is 22.7 Å². The van der Waals surface area contributed by atoms with E-state index < -0.39 is 0 Å². The monoisotopic (exact) mass is 301 g/mol. The molecule has 2 aromatic rings. The molecule has 0 aliphatic rings. The van der Waals surface area contributed by atoms with Crippen molar-refractivity contribution in [3.63, 3.8) is 0 Å². The highest BCUT2D eigenvalue weighted by molar-refractivity contribution is 9.11. The Morgan fingerprint density at radius 2 is 2.27 bits per heavy atom. The molecule has 0 aromatic carbocycles. The van der Waals surface area contributed by atoms with Crippen molar-refractivity contribution in [3.8, 4) is 9.88 Å². The van der Waals surface area contributed by atoms with Gasteiger partial charge < -0.3 is 0 Å². The van der Waals surface area contributed by atoms with Gasteiger partial charge in [0.15, 0.2) is 0 Å². The molecule has 0 saturated heterocycles. The second kappa shape index (κ2) is 4.76. The Morgan fingerprint density at radius 3 is 2.87 bits per heavy atom. The molecule has 2 heterocycles. The predicted molar refractivity (Wildman–Crippen MR) is 71.8 cm³/mol. The van der Waals surface area contributed by atoms with E-state index in [2.05, 4.69) is 52.3 Å². The first-order valence-electron chi connectivity index (χ1n) is 4.92. The van der Waals surface area contributed by atoms with Gasteiger partial charge >= 0.3 is 0 Å². The molecule has 1 unspecified atom stereocenters. The zero-order valence-electron chi connectivity index (χ0n) is 8.66. The number of aromatic nitrogens is 1. The summed E-state index contributed by atoms with van der Waals surface area (Å²) in [6.45, 7) is 4.43. The summed E-state index contributed by atoms with van der Waals surface area (Å²) in [4.78, 5) is 5.92. The first kappa shape index (κ1) is 11.3. The highest BCUT2D eigenvalue weighted by atomic mass is 79.9. The van der Waals surface area contributed by atoms with Crippen LogP contribution in [0.3, 0.4) is 0 Å². The molecule has 1 nitrogen and oxygen atoms in total. The SMILES string of the molecule is CCC(C)c1csc(-c2ccc(Br)s2)n1. The third kappa shape index (κ3) is 2.49. The van der Waals surface area contributed by atoms with E-state index in [1.165, 1.54) is 10.6 Å². The number of rotatable bonds is 3. The quantitative estimate of drug-likeness (QED) is 0.764. The van der Waals surface area contributed by atoms with Crippen LogP contribution in [-0.2, 0) is 0 Å². The molecule has 0 radical (unpaired) electrons. The zero-order chi connectivity index (χ0) is 10.8. The van der Waals surface area contributed by atoms with Crippen molar-refractivity contribution in [3.05, 3.63) is 27.0 Å². The second-order valence-electron chi connectivity index (χ2n) is 3.49. The lowest BCUT2D eigenvalue weighted by Gasteiger charge is -2.01. The van der Waals surface area contributed by atoms with Gasteiger partial charge in [0.25, 0.3) is 0 Å². The normalized spacial score (nSPS) is 13.0. The average Bonchev–Trinajstić information content (AvgIpc) is 2.84. The number of thiophene rings is 1. The minimum Gasteiger partial charge on any atom is -0.240 e. The fraction of sp³-hybridized carbons (Fsp3) is 0.364. The number of halogens is 1. The van der Waals surface area contributed by atoms with E-state index in [4.69, 9.17) is 0 Å². The summed E-state index contributed by atoms with van der Waals surface area (Å²) in [6.07, 6.45) is 1.15. The van der Waals surface area contributed by atoms with Crippen LogP contribution in [0.1, 0.15) is 31.9 Å². The van der Waals surface area contributed by atoms with Crippen LogP contribution < -0.4 is 0 Å². The van der Waals surface area contributed by atoms with E-state index in [9.17, 15) is 0 Å². The van der Waals surface area contributed by atoms with Crippen LogP contribution in [0.2, 0.25) is 0 Å². The molecule has 2 rings (SSSR count). The molecule has 4 heteroatoms. The van der Waals surface area contributed by atoms with Crippen molar-refractivity contribution < 1.29 is 0 Å². The van der Waals surface area contributed by atoms with Crippen molar-refractivity contribution in [2.24, 2.45) is 0 Å². The second-order valence-corrected chi connectivity index (χ2v) is 6.81. The number of nitrogens with zero attached hydrogens (tertiary/aromatic N) is 1. The van der Waals surface area contributed by atoms with Crippen molar-refractivity contribution in [2.45, 2.75) is 26.2 Å². The Morgan fingerprint density at radius 1 is 1.47 bits per heavy atom. The molecular formula is C11H12BrNS2. The summed E-state index contributed by atoms with van der Waals surface area (Å²) in [5.74, 6) is 0.568. The smallest absolute Gasteiger partial charge is 0.133 e. The summed E-state index contributed by atoms with van der Waals surface area (Å²) in [5, 5.41) is 3.32. The van der Waals surface area contributed by atoms with Gasteiger partial charge in [-0.1, -0.05) is 13.8 Å². The third-order valence-corrected chi connectivity index (χ3v) is 5.08. The highest BCUT2D eigenvalue weighted by Gasteiger charge is 2.10. The molecular weight excluding hydrogens is 290 g/mol. The molecule has 15 heavy (non-hydrogen) atoms. The Balaban J connectivity index is 2.27. The van der Waals surface area contributed by atoms with Crippen molar-refractivity contribution >= 4 is 38.6 Å². The van der Waals surface area contributed by atoms with Gasteiger partial charge in [0.05, 0.1) is 14.4 Å². The van der Waals surface area contributed by atoms with Gasteiger partial charge in [-0.2, -0.15) is 0 Å². The summed E-state index contributed by atoms with van der Waals surface area (Å²) in [5.41, 5.74) is 1.22. The van der Waals surface area contributed by atoms with Crippen LogP contribution >= 0.6 is 38.6 Å². The van der Waals surface area contributed by atoms with Crippen LogP contribution in [0.25, 0.3) is 9.88 Å². The zero-order valence-corrected chi connectivity index (χ0v) is 11.9. The van der Waals surface area contributed by atoms with E-state index in [1.807, 2.05) is 0 Å². The summed E-state index contributed by atoms with van der Waals surface area (Å²) >= 11 is 6.95. The molecule has 0 spiro atoms. The first-order valence-corrected chi connectivity index (χ1v) is 7.40. The summed E-state index contributed by atoms with van der Waals surface area (Å²) in [6, 6.07) is 4.19. The summed E-state index contributed by atoms with van der Waals surface area (Å²) < 4.78 is 1.16. The highest BCUT2D eigenvalue weighted by Crippen LogP contribution is 2.34. The van der Waals surface area contributed by atoms with E-state index in [1.54, 1.807) is 22.7 Å². The molecule has 0 amide bonds. The van der Waals surface area contributed by atoms with Crippen LogP contribution in [0.4, 0.5) is 0 Å². The van der Waals surface area contributed by atoms with Gasteiger partial charge in [-0.25, -0.2) is 4.98 Å². The lowest BCUT2D eigenvalue weighted by molar-refractivity contribution is 0.714. The van der Waals surface area contributed by atoms with Gasteiger partial charge in [-0.3, -0.25) is 0 Å². The van der Waals surface area contributed by atoms with Crippen molar-refractivity contribution in [2.75, 3.05) is 0 Å². The molecule has 0 saturated carbocycles. The molecule has 0 aliphatic heterocycles. The van der Waals surface area contributed by atoms with Crippen LogP contribution in [0, 0.1) is 0 Å². The predicted octanol–water partition coefficient (Wildman–Crippen LogP) is 5.15. The van der Waals surface area contributed by atoms with Crippen molar-refractivity contribution in [1.82, 2.24) is 4.98 Å². The maximum absolute atomic E-state index is 4.67. The number of hydrogen-bond donors (Lipinski definition) is 0. The Hall–Kier alpha value is -0.190.